The topological polar surface area (TPSA) is 41.8 Å². The molecule has 0 aliphatic rings. The Morgan fingerprint density at radius 2 is 1.82 bits per heavy atom. The third kappa shape index (κ3) is 4.29. The number of hydrogen-bond donors (Lipinski definition) is 1. The molecule has 0 amide bonds. The quantitative estimate of drug-likeness (QED) is 0.759. The van der Waals surface area contributed by atoms with E-state index in [1.807, 2.05) is 0 Å². The van der Waals surface area contributed by atoms with Crippen LogP contribution in [0.4, 0.5) is 18.9 Å². The largest absolute Gasteiger partial charge is 0.573 e. The number of halogens is 5. The first kappa shape index (κ1) is 16.5. The van der Waals surface area contributed by atoms with E-state index >= 15 is 0 Å². The highest BCUT2D eigenvalue weighted by Crippen LogP contribution is 2.33. The van der Waals surface area contributed by atoms with Crippen molar-refractivity contribution in [2.75, 3.05) is 0 Å². The number of alkyl halides is 3. The van der Waals surface area contributed by atoms with E-state index in [0.29, 0.717) is 0 Å². The minimum absolute atomic E-state index is 0.00813. The van der Waals surface area contributed by atoms with Crippen LogP contribution in [0.25, 0.3) is 0 Å². The minimum Gasteiger partial charge on any atom is -0.506 e. The molecule has 1 N–H and O–H groups in total. The number of phenols is 1. The summed E-state index contributed by atoms with van der Waals surface area (Å²) in [6, 6.07) is 8.05. The Kier molecular flexibility index (Phi) is 4.83. The van der Waals surface area contributed by atoms with Gasteiger partial charge < -0.3 is 9.84 Å². The van der Waals surface area contributed by atoms with Gasteiger partial charge in [-0.15, -0.1) is 13.2 Å². The summed E-state index contributed by atoms with van der Waals surface area (Å²) in [7, 11) is 0. The van der Waals surface area contributed by atoms with E-state index in [9.17, 15) is 18.3 Å². The highest BCUT2D eigenvalue weighted by atomic mass is 35.5. The third-order valence-electron chi connectivity index (χ3n) is 2.49. The molecule has 2 aromatic carbocycles. The Labute approximate surface area is 133 Å². The van der Waals surface area contributed by atoms with Crippen molar-refractivity contribution in [3.63, 3.8) is 0 Å². The molecule has 0 bridgehead atoms. The molecule has 0 saturated heterocycles. The Morgan fingerprint density at radius 3 is 2.50 bits per heavy atom. The molecule has 3 nitrogen and oxygen atoms in total. The second-order valence-corrected chi connectivity index (χ2v) is 4.94. The summed E-state index contributed by atoms with van der Waals surface area (Å²) in [5.74, 6) is -0.733. The van der Waals surface area contributed by atoms with Gasteiger partial charge in [-0.25, -0.2) is 0 Å². The van der Waals surface area contributed by atoms with Crippen molar-refractivity contribution in [3.8, 4) is 11.5 Å². The predicted octanol–water partition coefficient (Wildman–Crippen LogP) is 5.35. The molecule has 8 heteroatoms. The van der Waals surface area contributed by atoms with E-state index in [0.717, 1.165) is 12.3 Å². The Balaban J connectivity index is 2.35. The Bertz CT molecular complexity index is 718. The summed E-state index contributed by atoms with van der Waals surface area (Å²) in [5.41, 5.74) is 0.106. The van der Waals surface area contributed by atoms with E-state index in [-0.39, 0.29) is 27.0 Å². The second-order valence-electron chi connectivity index (χ2n) is 4.10. The van der Waals surface area contributed by atoms with Crippen LogP contribution in [0.5, 0.6) is 11.5 Å². The van der Waals surface area contributed by atoms with Gasteiger partial charge in [0, 0.05) is 16.8 Å². The zero-order valence-corrected chi connectivity index (χ0v) is 12.2. The van der Waals surface area contributed by atoms with Crippen LogP contribution in [-0.2, 0) is 0 Å². The van der Waals surface area contributed by atoms with Gasteiger partial charge in [-0.2, -0.15) is 0 Å². The lowest BCUT2D eigenvalue weighted by molar-refractivity contribution is -0.274. The molecule has 0 aliphatic carbocycles. The van der Waals surface area contributed by atoms with Crippen molar-refractivity contribution in [2.45, 2.75) is 6.36 Å². The van der Waals surface area contributed by atoms with E-state index in [1.54, 1.807) is 0 Å². The van der Waals surface area contributed by atoms with Crippen LogP contribution >= 0.6 is 23.2 Å². The molecule has 0 heterocycles. The average Bonchev–Trinajstić information content (AvgIpc) is 2.41. The smallest absolute Gasteiger partial charge is 0.506 e. The van der Waals surface area contributed by atoms with E-state index in [4.69, 9.17) is 23.2 Å². The number of hydrogen-bond acceptors (Lipinski definition) is 3. The van der Waals surface area contributed by atoms with Gasteiger partial charge in [0.25, 0.3) is 0 Å². The van der Waals surface area contributed by atoms with Gasteiger partial charge in [0.05, 0.1) is 5.02 Å². The lowest BCUT2D eigenvalue weighted by Gasteiger charge is -2.10. The molecule has 2 rings (SSSR count). The Morgan fingerprint density at radius 1 is 1.14 bits per heavy atom. The van der Waals surface area contributed by atoms with E-state index in [2.05, 4.69) is 9.73 Å². The monoisotopic (exact) mass is 349 g/mol. The molecule has 0 radical (unpaired) electrons. The van der Waals surface area contributed by atoms with E-state index in [1.165, 1.54) is 30.3 Å². The van der Waals surface area contributed by atoms with Crippen molar-refractivity contribution >= 4 is 35.1 Å². The first-order valence-corrected chi connectivity index (χ1v) is 6.59. The fraction of sp³-hybridized carbons (Fsp3) is 0.0714. The maximum absolute atomic E-state index is 12.3. The van der Waals surface area contributed by atoms with Crippen LogP contribution in [0.15, 0.2) is 41.4 Å². The van der Waals surface area contributed by atoms with Crippen LogP contribution in [0.1, 0.15) is 5.56 Å². The van der Waals surface area contributed by atoms with Crippen molar-refractivity contribution in [2.24, 2.45) is 4.99 Å². The summed E-state index contributed by atoms with van der Waals surface area (Å²) in [6.45, 7) is 0. The molecule has 22 heavy (non-hydrogen) atoms. The van der Waals surface area contributed by atoms with Gasteiger partial charge in [0.1, 0.15) is 11.4 Å². The fourth-order valence-electron chi connectivity index (χ4n) is 1.60. The third-order valence-corrected chi connectivity index (χ3v) is 3.00. The maximum atomic E-state index is 12.3. The number of nitrogens with zero attached hydrogens (tertiary/aromatic N) is 1. The van der Waals surface area contributed by atoms with Crippen LogP contribution in [0, 0.1) is 0 Å². The maximum Gasteiger partial charge on any atom is 0.573 e. The number of aliphatic imine (C=N–C) groups is 1. The molecule has 116 valence electrons. The van der Waals surface area contributed by atoms with Crippen molar-refractivity contribution in [1.29, 1.82) is 0 Å². The van der Waals surface area contributed by atoms with Crippen LogP contribution < -0.4 is 4.74 Å². The van der Waals surface area contributed by atoms with Crippen molar-refractivity contribution in [3.05, 3.63) is 52.0 Å². The zero-order valence-electron chi connectivity index (χ0n) is 10.7. The van der Waals surface area contributed by atoms with Gasteiger partial charge in [-0.3, -0.25) is 4.99 Å². The lowest BCUT2D eigenvalue weighted by Crippen LogP contribution is -2.17. The van der Waals surface area contributed by atoms with Gasteiger partial charge in [-0.1, -0.05) is 35.3 Å². The highest BCUT2D eigenvalue weighted by Gasteiger charge is 2.32. The summed E-state index contributed by atoms with van der Waals surface area (Å²) < 4.78 is 40.8. The van der Waals surface area contributed by atoms with Gasteiger partial charge in [0.2, 0.25) is 0 Å². The predicted molar refractivity (Wildman–Crippen MR) is 78.5 cm³/mol. The number of phenolic OH excluding ortho intramolecular Hbond substituents is 1. The molecular formula is C14H8Cl2F3NO2. The molecule has 0 saturated carbocycles. The van der Waals surface area contributed by atoms with Crippen LogP contribution in [0.3, 0.4) is 0 Å². The first-order valence-electron chi connectivity index (χ1n) is 5.83. The van der Waals surface area contributed by atoms with Crippen molar-refractivity contribution < 1.29 is 23.0 Å². The molecule has 0 fully saturated rings. The van der Waals surface area contributed by atoms with E-state index < -0.39 is 12.1 Å². The highest BCUT2D eigenvalue weighted by molar-refractivity contribution is 6.36. The fourth-order valence-corrected chi connectivity index (χ4v) is 2.11. The molecule has 0 aliphatic heterocycles. The number of ether oxygens (including phenoxy) is 1. The van der Waals surface area contributed by atoms with Crippen LogP contribution in [-0.4, -0.2) is 17.7 Å². The molecule has 0 aromatic heterocycles. The SMILES string of the molecule is Oc1c(Cl)cc(Cl)cc1C=Nc1ccccc1OC(F)(F)F. The summed E-state index contributed by atoms with van der Waals surface area (Å²) in [4.78, 5) is 3.88. The second kappa shape index (κ2) is 6.46. The number of para-hydroxylation sites is 2. The molecule has 0 spiro atoms. The molecule has 0 atom stereocenters. The standard InChI is InChI=1S/C14H8Cl2F3NO2/c15-9-5-8(13(21)10(16)6-9)7-20-11-3-1-2-4-12(11)22-14(17,18)19/h1-7,21H. The Hall–Kier alpha value is -1.92. The first-order chi connectivity index (χ1) is 10.3. The van der Waals surface area contributed by atoms with Crippen LogP contribution in [0.2, 0.25) is 10.0 Å². The molecule has 2 aromatic rings. The molecular weight excluding hydrogens is 342 g/mol. The average molecular weight is 350 g/mol. The summed E-state index contributed by atoms with van der Waals surface area (Å²) in [5, 5.41) is 10.0. The normalized spacial score (nSPS) is 11.9. The number of benzene rings is 2. The number of rotatable bonds is 3. The zero-order chi connectivity index (χ0) is 16.3. The lowest BCUT2D eigenvalue weighted by atomic mass is 10.2. The summed E-state index contributed by atoms with van der Waals surface area (Å²) >= 11 is 11.5. The summed E-state index contributed by atoms with van der Waals surface area (Å²) in [6.07, 6.45) is -3.68. The van der Waals surface area contributed by atoms with Gasteiger partial charge in [-0.05, 0) is 24.3 Å². The van der Waals surface area contributed by atoms with Crippen molar-refractivity contribution in [1.82, 2.24) is 0 Å². The minimum atomic E-state index is -4.83. The number of aromatic hydroxyl groups is 1. The van der Waals surface area contributed by atoms with Gasteiger partial charge >= 0.3 is 6.36 Å². The molecule has 0 unspecified atom stereocenters. The van der Waals surface area contributed by atoms with Gasteiger partial charge in [0.15, 0.2) is 5.75 Å².